The largest absolute Gasteiger partial charge is 0.454 e. The third-order valence-corrected chi connectivity index (χ3v) is 12.5. The fraction of sp³-hybridized carbons (Fsp3) is 0.273. The summed E-state index contributed by atoms with van der Waals surface area (Å²) in [4.78, 5) is 52.9. The normalized spacial score (nSPS) is 13.9. The molecular weight excluding hydrogens is 880 g/mol. The minimum Gasteiger partial charge on any atom is -0.454 e. The fourth-order valence-electron chi connectivity index (χ4n) is 3.42. The summed E-state index contributed by atoms with van der Waals surface area (Å²) in [5.41, 5.74) is 2.11. The maximum absolute atomic E-state index is 13.3. The van der Waals surface area contributed by atoms with Crippen molar-refractivity contribution in [3.63, 3.8) is 0 Å². The quantitative estimate of drug-likeness (QED) is 0.141. The second-order valence-corrected chi connectivity index (χ2v) is 12.0. The Morgan fingerprint density at radius 3 is 1.94 bits per heavy atom. The molecule has 1 atom stereocenters. The van der Waals surface area contributed by atoms with Crippen LogP contribution < -0.4 is 5.32 Å². The van der Waals surface area contributed by atoms with Gasteiger partial charge in [-0.05, 0) is 115 Å². The van der Waals surface area contributed by atoms with Crippen molar-refractivity contribution in [1.82, 2.24) is 4.90 Å². The van der Waals surface area contributed by atoms with Crippen molar-refractivity contribution >= 4 is 120 Å². The summed E-state index contributed by atoms with van der Waals surface area (Å²) in [6.07, 6.45) is 0. The molecule has 0 aliphatic carbocycles. The lowest BCUT2D eigenvalue weighted by Gasteiger charge is -2.27. The van der Waals surface area contributed by atoms with Crippen molar-refractivity contribution in [2.45, 2.75) is 26.8 Å². The molecule has 0 saturated carbocycles. The topological polar surface area (TPSA) is 92.8 Å². The first-order chi connectivity index (χ1) is 15.5. The number of hydrogen-bond donors (Lipinski definition) is 1. The summed E-state index contributed by atoms with van der Waals surface area (Å²) < 4.78 is 8.39. The van der Waals surface area contributed by atoms with Crippen LogP contribution in [0, 0.1) is 27.1 Å². The third-order valence-electron chi connectivity index (χ3n) is 5.05. The minimum absolute atomic E-state index is 0.311. The molecule has 1 aliphatic rings. The number of nitrogens with zero attached hydrogens (tertiary/aromatic N) is 1. The Morgan fingerprint density at radius 2 is 1.45 bits per heavy atom. The molecule has 0 fully saturated rings. The van der Waals surface area contributed by atoms with Gasteiger partial charge in [-0.2, -0.15) is 0 Å². The summed E-state index contributed by atoms with van der Waals surface area (Å²) in [5.74, 6) is -2.75. The van der Waals surface area contributed by atoms with Gasteiger partial charge in [0.15, 0.2) is 6.61 Å². The van der Waals surface area contributed by atoms with Gasteiger partial charge < -0.3 is 10.1 Å². The second kappa shape index (κ2) is 11.0. The smallest absolute Gasteiger partial charge is 0.330 e. The molecule has 2 aromatic rings. The molecule has 11 heteroatoms. The molecule has 2 aromatic carbocycles. The maximum Gasteiger partial charge on any atom is 0.330 e. The molecule has 0 spiro atoms. The summed E-state index contributed by atoms with van der Waals surface area (Å²) in [6, 6.07) is 6.09. The Labute approximate surface area is 245 Å². The SMILES string of the molecule is Cc1ccccc1NC(=O)COC(=O)C(C(C)C)N1C(=O)c2c(I)c(I)c(I)c(I)c2C1=O. The van der Waals surface area contributed by atoms with Crippen LogP contribution in [0.15, 0.2) is 24.3 Å². The second-order valence-electron chi connectivity index (χ2n) is 7.65. The van der Waals surface area contributed by atoms with Gasteiger partial charge in [0.1, 0.15) is 6.04 Å². The highest BCUT2D eigenvalue weighted by Gasteiger charge is 2.47. The van der Waals surface area contributed by atoms with Crippen LogP contribution in [0.5, 0.6) is 0 Å². The third kappa shape index (κ3) is 5.34. The molecule has 1 unspecified atom stereocenters. The van der Waals surface area contributed by atoms with Crippen molar-refractivity contribution < 1.29 is 23.9 Å². The molecular formula is C22H18I4N2O5. The van der Waals surface area contributed by atoms with Crippen LogP contribution in [-0.4, -0.2) is 41.2 Å². The Kier molecular flexibility index (Phi) is 9.02. The van der Waals surface area contributed by atoms with Gasteiger partial charge in [-0.25, -0.2) is 4.79 Å². The van der Waals surface area contributed by atoms with Crippen LogP contribution in [-0.2, 0) is 14.3 Å². The Hall–Kier alpha value is -0.560. The van der Waals surface area contributed by atoms with Gasteiger partial charge >= 0.3 is 5.97 Å². The maximum atomic E-state index is 13.3. The highest BCUT2D eigenvalue weighted by molar-refractivity contribution is 14.1. The van der Waals surface area contributed by atoms with E-state index in [0.29, 0.717) is 24.0 Å². The number of rotatable bonds is 6. The standard InChI is InChI=1S/C22H18I4N2O5/c1-9(2)19(22(32)33-8-12(29)27-11-7-5-4-6-10(11)3)28-20(30)13-14(21(28)31)16(24)18(26)17(25)15(13)23/h4-7,9,19H,8H2,1-3H3,(H,27,29). The van der Waals surface area contributed by atoms with Gasteiger partial charge in [-0.1, -0.05) is 32.0 Å². The lowest BCUT2D eigenvalue weighted by molar-refractivity contribution is -0.152. The number of fused-ring (bicyclic) bond motifs is 1. The predicted octanol–water partition coefficient (Wildman–Crippen LogP) is 5.22. The number of benzene rings is 2. The average molecular weight is 898 g/mol. The van der Waals surface area contributed by atoms with E-state index in [1.54, 1.807) is 26.0 Å². The molecule has 3 amide bonds. The average Bonchev–Trinajstić information content (AvgIpc) is 3.01. The zero-order chi connectivity index (χ0) is 24.6. The fourth-order valence-corrected chi connectivity index (χ4v) is 7.07. The van der Waals surface area contributed by atoms with Crippen molar-refractivity contribution in [3.8, 4) is 0 Å². The molecule has 3 rings (SSSR count). The van der Waals surface area contributed by atoms with E-state index in [9.17, 15) is 19.2 Å². The molecule has 1 aliphatic heterocycles. The highest BCUT2D eigenvalue weighted by Crippen LogP contribution is 2.39. The van der Waals surface area contributed by atoms with Gasteiger partial charge in [0.05, 0.1) is 11.1 Å². The van der Waals surface area contributed by atoms with Crippen LogP contribution in [0.2, 0.25) is 0 Å². The van der Waals surface area contributed by atoms with Crippen molar-refractivity contribution in [2.75, 3.05) is 11.9 Å². The number of halogens is 4. The van der Waals surface area contributed by atoms with Gasteiger partial charge in [0, 0.05) is 20.0 Å². The van der Waals surface area contributed by atoms with E-state index in [0.717, 1.165) is 17.6 Å². The molecule has 0 aromatic heterocycles. The number of carbonyl (C=O) groups excluding carboxylic acids is 4. The zero-order valence-electron chi connectivity index (χ0n) is 17.7. The molecule has 1 N–H and O–H groups in total. The number of imide groups is 1. The number of amides is 3. The van der Waals surface area contributed by atoms with Gasteiger partial charge in [0.2, 0.25) is 0 Å². The van der Waals surface area contributed by atoms with E-state index in [-0.39, 0.29) is 0 Å². The monoisotopic (exact) mass is 898 g/mol. The van der Waals surface area contributed by atoms with Gasteiger partial charge in [-0.15, -0.1) is 0 Å². The van der Waals surface area contributed by atoms with Crippen LogP contribution in [0.4, 0.5) is 5.69 Å². The molecule has 7 nitrogen and oxygen atoms in total. The molecule has 0 saturated heterocycles. The predicted molar refractivity (Wildman–Crippen MR) is 157 cm³/mol. The number of hydrogen-bond acceptors (Lipinski definition) is 5. The van der Waals surface area contributed by atoms with Gasteiger partial charge in [0.25, 0.3) is 17.7 Å². The molecule has 33 heavy (non-hydrogen) atoms. The number of ether oxygens (including phenoxy) is 1. The van der Waals surface area contributed by atoms with E-state index < -0.39 is 42.3 Å². The van der Waals surface area contributed by atoms with Crippen LogP contribution >= 0.6 is 90.4 Å². The molecule has 174 valence electrons. The summed E-state index contributed by atoms with van der Waals surface area (Å²) >= 11 is 8.42. The number of para-hydroxylation sites is 1. The van der Waals surface area contributed by atoms with Crippen molar-refractivity contribution in [2.24, 2.45) is 5.92 Å². The van der Waals surface area contributed by atoms with Crippen molar-refractivity contribution in [1.29, 1.82) is 0 Å². The number of nitrogens with one attached hydrogen (secondary N) is 1. The summed E-state index contributed by atoms with van der Waals surface area (Å²) in [6.45, 7) is 4.78. The lowest BCUT2D eigenvalue weighted by Crippen LogP contribution is -2.49. The first-order valence-corrected chi connectivity index (χ1v) is 14.0. The van der Waals surface area contributed by atoms with Crippen molar-refractivity contribution in [3.05, 3.63) is 55.2 Å². The number of esters is 1. The summed E-state index contributed by atoms with van der Waals surface area (Å²) in [5, 5.41) is 2.70. The zero-order valence-corrected chi connectivity index (χ0v) is 26.3. The Bertz CT molecular complexity index is 1130. The Balaban J connectivity index is 1.82. The van der Waals surface area contributed by atoms with E-state index >= 15 is 0 Å². The first kappa shape index (κ1) is 27.0. The van der Waals surface area contributed by atoms with E-state index in [1.165, 1.54) is 0 Å². The summed E-state index contributed by atoms with van der Waals surface area (Å²) in [7, 11) is 0. The van der Waals surface area contributed by atoms with E-state index in [4.69, 9.17) is 4.74 Å². The number of aryl methyl sites for hydroxylation is 1. The number of carbonyl (C=O) groups is 4. The van der Waals surface area contributed by atoms with Crippen LogP contribution in [0.25, 0.3) is 0 Å². The molecule has 0 bridgehead atoms. The lowest BCUT2D eigenvalue weighted by atomic mass is 10.0. The van der Waals surface area contributed by atoms with Gasteiger partial charge in [-0.3, -0.25) is 19.3 Å². The molecule has 1 heterocycles. The number of anilines is 1. The highest BCUT2D eigenvalue weighted by atomic mass is 127. The van der Waals surface area contributed by atoms with E-state index in [1.807, 2.05) is 19.1 Å². The Morgan fingerprint density at radius 1 is 0.939 bits per heavy atom. The molecule has 0 radical (unpaired) electrons. The minimum atomic E-state index is -1.15. The van der Waals surface area contributed by atoms with E-state index in [2.05, 4.69) is 95.7 Å². The first-order valence-electron chi connectivity index (χ1n) is 9.73. The van der Waals surface area contributed by atoms with Crippen LogP contribution in [0.3, 0.4) is 0 Å². The van der Waals surface area contributed by atoms with Crippen LogP contribution in [0.1, 0.15) is 40.1 Å².